The van der Waals surface area contributed by atoms with Gasteiger partial charge in [0.05, 0.1) is 0 Å². The van der Waals surface area contributed by atoms with Gasteiger partial charge in [-0.3, -0.25) is 0 Å². The monoisotopic (exact) mass is 365 g/mol. The molecule has 0 N–H and O–H groups in total. The zero-order chi connectivity index (χ0) is 13.9. The van der Waals surface area contributed by atoms with E-state index in [4.69, 9.17) is 23.2 Å². The molecule has 0 saturated carbocycles. The van der Waals surface area contributed by atoms with Gasteiger partial charge < -0.3 is 0 Å². The summed E-state index contributed by atoms with van der Waals surface area (Å²) in [5.41, 5.74) is 1.03. The van der Waals surface area contributed by atoms with Gasteiger partial charge in [0.25, 0.3) is 0 Å². The fourth-order valence-electron chi connectivity index (χ4n) is 1.69. The Bertz CT molecular complexity index is 731. The topological polar surface area (TPSA) is 43.6 Å². The quantitative estimate of drug-likeness (QED) is 0.523. The van der Waals surface area contributed by atoms with Crippen LogP contribution >= 0.6 is 23.2 Å². The van der Waals surface area contributed by atoms with Crippen molar-refractivity contribution in [3.05, 3.63) is 59.2 Å². The zero-order valence-electron chi connectivity index (χ0n) is 10.1. The van der Waals surface area contributed by atoms with Crippen LogP contribution in [0.4, 0.5) is 0 Å². The Morgan fingerprint density at radius 2 is 1.95 bits per heavy atom. The molecule has 1 radical (unpaired) electrons. The van der Waals surface area contributed by atoms with Crippen molar-refractivity contribution in [2.45, 2.75) is 0 Å². The average molecular weight is 366 g/mol. The first-order valence-electron chi connectivity index (χ1n) is 5.73. The molecule has 0 aliphatic heterocycles. The SMILES string of the molecule is Clc1ncc(Cl)c([As]c2ccccc2-n2cccn2)n1. The van der Waals surface area contributed by atoms with Gasteiger partial charge in [0, 0.05) is 0 Å². The molecule has 3 aromatic rings. The molecule has 2 aromatic heterocycles. The summed E-state index contributed by atoms with van der Waals surface area (Å²) in [7, 11) is 0. The summed E-state index contributed by atoms with van der Waals surface area (Å²) in [6.45, 7) is 0. The Kier molecular flexibility index (Phi) is 4.06. The molecule has 0 unspecified atom stereocenters. The van der Waals surface area contributed by atoms with Crippen LogP contribution < -0.4 is 8.83 Å². The van der Waals surface area contributed by atoms with E-state index in [-0.39, 0.29) is 5.28 Å². The van der Waals surface area contributed by atoms with Gasteiger partial charge in [-0.2, -0.15) is 0 Å². The first kappa shape index (κ1) is 13.6. The van der Waals surface area contributed by atoms with Crippen LogP contribution in [0.25, 0.3) is 5.69 Å². The Hall–Kier alpha value is -1.35. The number of hydrogen-bond acceptors (Lipinski definition) is 3. The number of aromatic nitrogens is 4. The number of para-hydroxylation sites is 1. The van der Waals surface area contributed by atoms with Gasteiger partial charge in [-0.1, -0.05) is 0 Å². The van der Waals surface area contributed by atoms with Crippen molar-refractivity contribution in [2.75, 3.05) is 0 Å². The Balaban J connectivity index is 2.01. The van der Waals surface area contributed by atoms with Crippen LogP contribution in [0.2, 0.25) is 10.3 Å². The van der Waals surface area contributed by atoms with Crippen LogP contribution in [0.5, 0.6) is 0 Å². The number of halogens is 2. The molecule has 1 aromatic carbocycles. The molecular formula is C13H8AsCl2N4. The standard InChI is InChI=1S/C13H8AsCl2N4/c15-10-8-17-13(16)19-12(10)14-9-4-1-2-5-11(9)20-7-3-6-18-20/h1-8H. The van der Waals surface area contributed by atoms with E-state index >= 15 is 0 Å². The summed E-state index contributed by atoms with van der Waals surface area (Å²) in [5, 5.41) is 5.03. The van der Waals surface area contributed by atoms with Crippen LogP contribution in [0, 0.1) is 0 Å². The third kappa shape index (κ3) is 2.88. The Labute approximate surface area is 132 Å². The van der Waals surface area contributed by atoms with Gasteiger partial charge in [-0.05, 0) is 0 Å². The fourth-order valence-corrected chi connectivity index (χ4v) is 4.34. The molecule has 0 saturated heterocycles. The summed E-state index contributed by atoms with van der Waals surface area (Å²) < 4.78 is 3.79. The van der Waals surface area contributed by atoms with Gasteiger partial charge in [-0.25, -0.2) is 0 Å². The van der Waals surface area contributed by atoms with Gasteiger partial charge in [-0.15, -0.1) is 0 Å². The van der Waals surface area contributed by atoms with E-state index in [1.165, 1.54) is 0 Å². The second-order valence-corrected chi connectivity index (χ2v) is 6.98. The molecule has 3 rings (SSSR count). The van der Waals surface area contributed by atoms with E-state index in [0.717, 1.165) is 14.5 Å². The molecule has 2 heterocycles. The van der Waals surface area contributed by atoms with E-state index < -0.39 is 15.8 Å². The van der Waals surface area contributed by atoms with E-state index in [1.54, 1.807) is 12.4 Å². The van der Waals surface area contributed by atoms with Crippen LogP contribution in [0.15, 0.2) is 48.9 Å². The molecule has 0 spiro atoms. The molecule has 99 valence electrons. The number of rotatable bonds is 3. The normalized spacial score (nSPS) is 11.3. The molecule has 0 atom stereocenters. The maximum absolute atomic E-state index is 6.14. The third-order valence-corrected chi connectivity index (χ3v) is 5.76. The second kappa shape index (κ2) is 5.96. The van der Waals surface area contributed by atoms with Crippen LogP contribution in [-0.4, -0.2) is 35.5 Å². The summed E-state index contributed by atoms with van der Waals surface area (Å²) in [5.74, 6) is 0. The summed E-state index contributed by atoms with van der Waals surface area (Å²) in [4.78, 5) is 8.10. The number of hydrogen-bond donors (Lipinski definition) is 0. The molecule has 0 amide bonds. The van der Waals surface area contributed by atoms with E-state index in [9.17, 15) is 0 Å². The predicted octanol–water partition coefficient (Wildman–Crippen LogP) is 1.62. The van der Waals surface area contributed by atoms with Gasteiger partial charge >= 0.3 is 132 Å². The van der Waals surface area contributed by atoms with Crippen LogP contribution in [-0.2, 0) is 0 Å². The molecule has 7 heteroatoms. The van der Waals surface area contributed by atoms with Crippen molar-refractivity contribution < 1.29 is 0 Å². The summed E-state index contributed by atoms with van der Waals surface area (Å²) >= 11 is 11.6. The molecule has 0 fully saturated rings. The zero-order valence-corrected chi connectivity index (χ0v) is 13.5. The molecule has 0 aliphatic rings. The van der Waals surface area contributed by atoms with Crippen LogP contribution in [0.1, 0.15) is 0 Å². The van der Waals surface area contributed by atoms with Gasteiger partial charge in [0.15, 0.2) is 0 Å². The number of nitrogens with zero attached hydrogens (tertiary/aromatic N) is 4. The van der Waals surface area contributed by atoms with Crippen molar-refractivity contribution in [1.29, 1.82) is 0 Å². The Morgan fingerprint density at radius 1 is 1.10 bits per heavy atom. The average Bonchev–Trinajstić information content (AvgIpc) is 2.97. The first-order chi connectivity index (χ1) is 9.74. The number of benzene rings is 1. The van der Waals surface area contributed by atoms with Crippen molar-refractivity contribution in [3.63, 3.8) is 0 Å². The van der Waals surface area contributed by atoms with Gasteiger partial charge in [0.2, 0.25) is 0 Å². The second-order valence-electron chi connectivity index (χ2n) is 3.86. The first-order valence-corrected chi connectivity index (χ1v) is 8.36. The van der Waals surface area contributed by atoms with E-state index in [2.05, 4.69) is 21.1 Å². The Morgan fingerprint density at radius 3 is 2.75 bits per heavy atom. The van der Waals surface area contributed by atoms with Crippen molar-refractivity contribution in [3.8, 4) is 5.69 Å². The minimum absolute atomic E-state index is 0.219. The maximum atomic E-state index is 6.14. The third-order valence-electron chi connectivity index (χ3n) is 2.56. The van der Waals surface area contributed by atoms with Crippen molar-refractivity contribution in [1.82, 2.24) is 19.7 Å². The minimum atomic E-state index is -0.399. The molecule has 0 aliphatic carbocycles. The summed E-state index contributed by atoms with van der Waals surface area (Å²) in [6.07, 6.45) is 5.20. The molecule has 20 heavy (non-hydrogen) atoms. The fraction of sp³-hybridized carbons (Fsp3) is 0. The predicted molar refractivity (Wildman–Crippen MR) is 80.6 cm³/mol. The molecular weight excluding hydrogens is 358 g/mol. The van der Waals surface area contributed by atoms with E-state index in [1.807, 2.05) is 35.1 Å². The molecule has 0 bridgehead atoms. The van der Waals surface area contributed by atoms with Crippen LogP contribution in [0.3, 0.4) is 0 Å². The van der Waals surface area contributed by atoms with E-state index in [0.29, 0.717) is 5.02 Å². The molecule has 4 nitrogen and oxygen atoms in total. The van der Waals surface area contributed by atoms with Crippen molar-refractivity contribution >= 4 is 47.8 Å². The van der Waals surface area contributed by atoms with Crippen molar-refractivity contribution in [2.24, 2.45) is 0 Å². The van der Waals surface area contributed by atoms with Gasteiger partial charge in [0.1, 0.15) is 0 Å². The summed E-state index contributed by atoms with van der Waals surface area (Å²) in [6, 6.07) is 9.95.